The fraction of sp³-hybridized carbons (Fsp3) is 0.667. The summed E-state index contributed by atoms with van der Waals surface area (Å²) in [5.41, 5.74) is 0. The number of hydrogen-bond acceptors (Lipinski definition) is 3. The number of halogens is 1. The van der Waals surface area contributed by atoms with E-state index in [1.54, 1.807) is 0 Å². The molecule has 0 unspecified atom stereocenters. The van der Waals surface area contributed by atoms with Crippen LogP contribution in [0.2, 0.25) is 0 Å². The second-order valence-corrected chi connectivity index (χ2v) is 7.52. The van der Waals surface area contributed by atoms with E-state index in [2.05, 4.69) is 6.92 Å². The van der Waals surface area contributed by atoms with Gasteiger partial charge in [0.15, 0.2) is 11.6 Å². The zero-order valence-electron chi connectivity index (χ0n) is 14.5. The Balaban J connectivity index is 2.11. The van der Waals surface area contributed by atoms with E-state index in [-0.39, 0.29) is 5.75 Å². The highest BCUT2D eigenvalue weighted by Crippen LogP contribution is 2.21. The van der Waals surface area contributed by atoms with Gasteiger partial charge in [-0.05, 0) is 24.6 Å². The molecule has 1 aromatic rings. The lowest BCUT2D eigenvalue weighted by molar-refractivity contribution is 0.289. The topological polar surface area (TPSA) is 63.6 Å². The third kappa shape index (κ3) is 8.64. The summed E-state index contributed by atoms with van der Waals surface area (Å²) in [6.07, 6.45) is 12.1. The van der Waals surface area contributed by atoms with Crippen molar-refractivity contribution in [3.63, 3.8) is 0 Å². The van der Waals surface area contributed by atoms with Gasteiger partial charge in [-0.3, -0.25) is 4.55 Å². The van der Waals surface area contributed by atoms with E-state index in [4.69, 9.17) is 9.29 Å². The lowest BCUT2D eigenvalue weighted by Gasteiger charge is -2.08. The molecule has 0 aromatic heterocycles. The average Bonchev–Trinajstić information content (AvgIpc) is 2.53. The standard InChI is InChI=1S/C18H29FO4S/c1-2-3-4-5-6-7-8-9-10-11-14-23-18-13-12-16(15-17(18)19)24(20,21)22/h12-13,15H,2-11,14H2,1H3,(H,20,21,22). The predicted octanol–water partition coefficient (Wildman–Crippen LogP) is 5.37. The minimum atomic E-state index is -4.38. The van der Waals surface area contributed by atoms with Gasteiger partial charge in [-0.25, -0.2) is 4.39 Å². The van der Waals surface area contributed by atoms with Crippen LogP contribution in [0.3, 0.4) is 0 Å². The largest absolute Gasteiger partial charge is 0.491 e. The van der Waals surface area contributed by atoms with Gasteiger partial charge in [0.05, 0.1) is 11.5 Å². The molecule has 138 valence electrons. The van der Waals surface area contributed by atoms with Crippen molar-refractivity contribution in [2.75, 3.05) is 6.61 Å². The molecular formula is C18H29FO4S. The Kier molecular flexibility index (Phi) is 9.95. The Morgan fingerprint density at radius 1 is 0.958 bits per heavy atom. The van der Waals surface area contributed by atoms with E-state index in [0.29, 0.717) is 6.61 Å². The first-order valence-corrected chi connectivity index (χ1v) is 10.3. The Hall–Kier alpha value is -1.14. The van der Waals surface area contributed by atoms with Crippen molar-refractivity contribution in [3.8, 4) is 5.75 Å². The molecule has 0 aliphatic rings. The molecule has 4 nitrogen and oxygen atoms in total. The van der Waals surface area contributed by atoms with Gasteiger partial charge in [0, 0.05) is 0 Å². The van der Waals surface area contributed by atoms with Crippen molar-refractivity contribution >= 4 is 10.1 Å². The van der Waals surface area contributed by atoms with E-state index >= 15 is 0 Å². The van der Waals surface area contributed by atoms with E-state index in [0.717, 1.165) is 31.4 Å². The van der Waals surface area contributed by atoms with Gasteiger partial charge >= 0.3 is 0 Å². The number of hydrogen-bond donors (Lipinski definition) is 1. The first-order chi connectivity index (χ1) is 11.4. The number of benzene rings is 1. The van der Waals surface area contributed by atoms with Crippen LogP contribution in [-0.4, -0.2) is 19.6 Å². The van der Waals surface area contributed by atoms with Crippen LogP contribution >= 0.6 is 0 Å². The molecule has 0 saturated heterocycles. The average molecular weight is 360 g/mol. The SMILES string of the molecule is CCCCCCCCCCCCOc1ccc(S(=O)(=O)O)cc1F. The van der Waals surface area contributed by atoms with Crippen molar-refractivity contribution in [1.82, 2.24) is 0 Å². The molecule has 0 aliphatic carbocycles. The van der Waals surface area contributed by atoms with Gasteiger partial charge < -0.3 is 4.74 Å². The highest BCUT2D eigenvalue weighted by molar-refractivity contribution is 7.85. The first-order valence-electron chi connectivity index (χ1n) is 8.85. The van der Waals surface area contributed by atoms with Gasteiger partial charge in [0.25, 0.3) is 10.1 Å². The molecule has 0 amide bonds. The fourth-order valence-corrected chi connectivity index (χ4v) is 3.02. The molecule has 6 heteroatoms. The summed E-state index contributed by atoms with van der Waals surface area (Å²) in [6.45, 7) is 2.62. The molecule has 1 rings (SSSR count). The van der Waals surface area contributed by atoms with Gasteiger partial charge in [-0.1, -0.05) is 64.7 Å². The zero-order chi connectivity index (χ0) is 17.8. The van der Waals surface area contributed by atoms with Crippen LogP contribution in [0.1, 0.15) is 71.1 Å². The summed E-state index contributed by atoms with van der Waals surface area (Å²) in [4.78, 5) is -0.466. The van der Waals surface area contributed by atoms with Crippen molar-refractivity contribution in [3.05, 3.63) is 24.0 Å². The van der Waals surface area contributed by atoms with Crippen LogP contribution in [0.5, 0.6) is 5.75 Å². The van der Waals surface area contributed by atoms with E-state index in [1.165, 1.54) is 51.0 Å². The van der Waals surface area contributed by atoms with E-state index < -0.39 is 20.8 Å². The number of ether oxygens (including phenoxy) is 1. The minimum Gasteiger partial charge on any atom is -0.491 e. The summed E-state index contributed by atoms with van der Waals surface area (Å²) >= 11 is 0. The molecule has 0 heterocycles. The highest BCUT2D eigenvalue weighted by atomic mass is 32.2. The van der Waals surface area contributed by atoms with Crippen molar-refractivity contribution < 1.29 is 22.1 Å². The quantitative estimate of drug-likeness (QED) is 0.379. The van der Waals surface area contributed by atoms with Crippen LogP contribution in [0.15, 0.2) is 23.1 Å². The molecule has 0 atom stereocenters. The molecule has 0 saturated carbocycles. The van der Waals surface area contributed by atoms with Gasteiger partial charge in [0.1, 0.15) is 0 Å². The van der Waals surface area contributed by atoms with Gasteiger partial charge in [0.2, 0.25) is 0 Å². The van der Waals surface area contributed by atoms with Crippen LogP contribution in [0, 0.1) is 5.82 Å². The Bertz CT molecular complexity index is 572. The maximum Gasteiger partial charge on any atom is 0.294 e. The van der Waals surface area contributed by atoms with E-state index in [9.17, 15) is 12.8 Å². The summed E-state index contributed by atoms with van der Waals surface area (Å²) in [7, 11) is -4.38. The van der Waals surface area contributed by atoms with Crippen LogP contribution in [0.25, 0.3) is 0 Å². The summed E-state index contributed by atoms with van der Waals surface area (Å²) in [5, 5.41) is 0. The molecule has 0 spiro atoms. The second-order valence-electron chi connectivity index (χ2n) is 6.10. The maximum atomic E-state index is 13.7. The fourth-order valence-electron chi connectivity index (χ4n) is 2.53. The monoisotopic (exact) mass is 360 g/mol. The van der Waals surface area contributed by atoms with Crippen LogP contribution in [-0.2, 0) is 10.1 Å². The third-order valence-corrected chi connectivity index (χ3v) is 4.81. The summed E-state index contributed by atoms with van der Waals surface area (Å²) in [5.74, 6) is -0.768. The molecular weight excluding hydrogens is 331 g/mol. The molecule has 24 heavy (non-hydrogen) atoms. The summed E-state index contributed by atoms with van der Waals surface area (Å²) < 4.78 is 49.7. The highest BCUT2D eigenvalue weighted by Gasteiger charge is 2.13. The minimum absolute atomic E-state index is 0.0123. The smallest absolute Gasteiger partial charge is 0.294 e. The lowest BCUT2D eigenvalue weighted by atomic mass is 10.1. The molecule has 0 bridgehead atoms. The Morgan fingerprint density at radius 3 is 2.00 bits per heavy atom. The molecule has 0 fully saturated rings. The molecule has 1 N–H and O–H groups in total. The van der Waals surface area contributed by atoms with Gasteiger partial charge in [-0.15, -0.1) is 0 Å². The third-order valence-electron chi connectivity index (χ3n) is 3.96. The zero-order valence-corrected chi connectivity index (χ0v) is 15.3. The predicted molar refractivity (Wildman–Crippen MR) is 93.6 cm³/mol. The molecule has 0 radical (unpaired) electrons. The first kappa shape index (κ1) is 20.9. The Labute approximate surface area is 145 Å². The van der Waals surface area contributed by atoms with Crippen LogP contribution < -0.4 is 4.74 Å². The van der Waals surface area contributed by atoms with Crippen molar-refractivity contribution in [1.29, 1.82) is 0 Å². The Morgan fingerprint density at radius 2 is 1.50 bits per heavy atom. The summed E-state index contributed by atoms with van der Waals surface area (Å²) in [6, 6.07) is 3.13. The number of unbranched alkanes of at least 4 members (excludes halogenated alkanes) is 9. The van der Waals surface area contributed by atoms with Gasteiger partial charge in [-0.2, -0.15) is 8.42 Å². The number of rotatable bonds is 13. The molecule has 0 aliphatic heterocycles. The second kappa shape index (κ2) is 11.4. The van der Waals surface area contributed by atoms with E-state index in [1.807, 2.05) is 0 Å². The van der Waals surface area contributed by atoms with Crippen molar-refractivity contribution in [2.24, 2.45) is 0 Å². The molecule has 1 aromatic carbocycles. The lowest BCUT2D eigenvalue weighted by Crippen LogP contribution is -2.02. The van der Waals surface area contributed by atoms with Crippen molar-refractivity contribution in [2.45, 2.75) is 76.0 Å². The maximum absolute atomic E-state index is 13.7. The van der Waals surface area contributed by atoms with Crippen LogP contribution in [0.4, 0.5) is 4.39 Å². The normalized spacial score (nSPS) is 11.6.